The zero-order valence-corrected chi connectivity index (χ0v) is 14.9. The van der Waals surface area contributed by atoms with E-state index in [1.54, 1.807) is 0 Å². The van der Waals surface area contributed by atoms with E-state index in [0.29, 0.717) is 5.89 Å². The van der Waals surface area contributed by atoms with Crippen LogP contribution in [0.25, 0.3) is 6.08 Å². The third-order valence-electron chi connectivity index (χ3n) is 4.97. The van der Waals surface area contributed by atoms with E-state index in [1.165, 1.54) is 24.0 Å². The van der Waals surface area contributed by atoms with Gasteiger partial charge in [-0.15, -0.1) is 10.2 Å². The van der Waals surface area contributed by atoms with Crippen LogP contribution in [0, 0.1) is 12.8 Å². The molecule has 132 valence electrons. The van der Waals surface area contributed by atoms with Crippen molar-refractivity contribution in [3.8, 4) is 0 Å². The van der Waals surface area contributed by atoms with Gasteiger partial charge >= 0.3 is 0 Å². The Hall–Kier alpha value is -1.98. The Bertz CT molecular complexity index is 710. The van der Waals surface area contributed by atoms with E-state index in [4.69, 9.17) is 4.42 Å². The smallest absolute Gasteiger partial charge is 0.240 e. The summed E-state index contributed by atoms with van der Waals surface area (Å²) < 4.78 is 5.73. The molecule has 1 saturated heterocycles. The maximum atomic E-state index is 5.73. The van der Waals surface area contributed by atoms with Crippen LogP contribution in [0.5, 0.6) is 0 Å². The molecular weight excluding hydrogens is 312 g/mol. The molecular formula is C20H26N4O. The molecule has 0 atom stereocenters. The number of allylic oxidation sites excluding steroid dienone is 1. The van der Waals surface area contributed by atoms with Crippen LogP contribution >= 0.6 is 0 Å². The van der Waals surface area contributed by atoms with Crippen molar-refractivity contribution in [1.82, 2.24) is 20.0 Å². The van der Waals surface area contributed by atoms with Crippen molar-refractivity contribution in [2.75, 3.05) is 26.2 Å². The molecule has 0 bridgehead atoms. The fourth-order valence-electron chi connectivity index (χ4n) is 3.15. The van der Waals surface area contributed by atoms with Gasteiger partial charge in [-0.1, -0.05) is 35.9 Å². The number of hydrogen-bond donors (Lipinski definition) is 0. The van der Waals surface area contributed by atoms with E-state index in [1.807, 2.05) is 6.08 Å². The van der Waals surface area contributed by atoms with Crippen molar-refractivity contribution in [2.45, 2.75) is 32.9 Å². The van der Waals surface area contributed by atoms with Gasteiger partial charge in [0.2, 0.25) is 11.8 Å². The van der Waals surface area contributed by atoms with Crippen molar-refractivity contribution < 1.29 is 4.42 Å². The maximum Gasteiger partial charge on any atom is 0.240 e. The Morgan fingerprint density at radius 1 is 1.00 bits per heavy atom. The minimum Gasteiger partial charge on any atom is -0.420 e. The Balaban J connectivity index is 1.23. The number of benzene rings is 1. The van der Waals surface area contributed by atoms with Crippen LogP contribution < -0.4 is 0 Å². The highest BCUT2D eigenvalue weighted by molar-refractivity contribution is 5.38. The molecule has 1 aromatic carbocycles. The summed E-state index contributed by atoms with van der Waals surface area (Å²) in [4.78, 5) is 4.91. The molecule has 2 aromatic rings. The molecule has 1 aliphatic heterocycles. The minimum atomic E-state index is 0.639. The van der Waals surface area contributed by atoms with Gasteiger partial charge in [-0.25, -0.2) is 0 Å². The highest BCUT2D eigenvalue weighted by Crippen LogP contribution is 2.30. The van der Waals surface area contributed by atoms with E-state index >= 15 is 0 Å². The molecule has 1 saturated carbocycles. The van der Waals surface area contributed by atoms with Crippen LogP contribution in [0.4, 0.5) is 0 Å². The normalized spacial score (nSPS) is 19.7. The molecule has 1 aromatic heterocycles. The van der Waals surface area contributed by atoms with Gasteiger partial charge in [0.15, 0.2) is 0 Å². The molecule has 0 spiro atoms. The summed E-state index contributed by atoms with van der Waals surface area (Å²) in [6.45, 7) is 8.16. The Labute approximate surface area is 149 Å². The zero-order valence-electron chi connectivity index (χ0n) is 14.9. The SMILES string of the molecule is Cc1ccc(CN2CCN(Cc3nnc(C=CC4CC4)o3)CC2)cc1. The average Bonchev–Trinajstić information content (AvgIpc) is 3.36. The van der Waals surface area contributed by atoms with E-state index in [0.717, 1.165) is 51.1 Å². The van der Waals surface area contributed by atoms with Gasteiger partial charge in [-0.2, -0.15) is 0 Å². The lowest BCUT2D eigenvalue weighted by Crippen LogP contribution is -2.45. The molecule has 0 unspecified atom stereocenters. The molecule has 4 rings (SSSR count). The summed E-state index contributed by atoms with van der Waals surface area (Å²) in [6, 6.07) is 8.85. The Morgan fingerprint density at radius 2 is 1.68 bits per heavy atom. The molecule has 5 nitrogen and oxygen atoms in total. The van der Waals surface area contributed by atoms with Crippen molar-refractivity contribution in [2.24, 2.45) is 5.92 Å². The molecule has 0 amide bonds. The molecule has 25 heavy (non-hydrogen) atoms. The van der Waals surface area contributed by atoms with Crippen LogP contribution in [-0.2, 0) is 13.1 Å². The van der Waals surface area contributed by atoms with E-state index in [-0.39, 0.29) is 0 Å². The summed E-state index contributed by atoms with van der Waals surface area (Å²) in [5.41, 5.74) is 2.71. The summed E-state index contributed by atoms with van der Waals surface area (Å²) in [7, 11) is 0. The monoisotopic (exact) mass is 338 g/mol. The highest BCUT2D eigenvalue weighted by Gasteiger charge is 2.20. The second-order valence-corrected chi connectivity index (χ2v) is 7.27. The first-order valence-electron chi connectivity index (χ1n) is 9.25. The third kappa shape index (κ3) is 4.77. The van der Waals surface area contributed by atoms with Gasteiger partial charge in [-0.3, -0.25) is 9.80 Å². The standard InChI is InChI=1S/C20H26N4O/c1-16-2-4-18(5-3-16)14-23-10-12-24(13-11-23)15-20-22-21-19(25-20)9-8-17-6-7-17/h2-5,8-9,17H,6-7,10-15H2,1H3. The van der Waals surface area contributed by atoms with Gasteiger partial charge in [-0.05, 0) is 37.3 Å². The number of aromatic nitrogens is 2. The van der Waals surface area contributed by atoms with Gasteiger partial charge in [0.05, 0.1) is 6.54 Å². The summed E-state index contributed by atoms with van der Waals surface area (Å²) in [5, 5.41) is 8.30. The largest absolute Gasteiger partial charge is 0.420 e. The molecule has 2 heterocycles. The second kappa shape index (κ2) is 7.50. The van der Waals surface area contributed by atoms with Gasteiger partial charge in [0.1, 0.15) is 0 Å². The quantitative estimate of drug-likeness (QED) is 0.810. The van der Waals surface area contributed by atoms with Crippen LogP contribution in [0.2, 0.25) is 0 Å². The topological polar surface area (TPSA) is 45.4 Å². The van der Waals surface area contributed by atoms with Gasteiger partial charge in [0, 0.05) is 32.7 Å². The van der Waals surface area contributed by atoms with Crippen LogP contribution in [0.3, 0.4) is 0 Å². The highest BCUT2D eigenvalue weighted by atomic mass is 16.4. The minimum absolute atomic E-state index is 0.639. The fourth-order valence-corrected chi connectivity index (χ4v) is 3.15. The molecule has 1 aliphatic carbocycles. The molecule has 5 heteroatoms. The van der Waals surface area contributed by atoms with Crippen molar-refractivity contribution in [3.05, 3.63) is 53.2 Å². The summed E-state index contributed by atoms with van der Waals surface area (Å²) in [5.74, 6) is 2.10. The van der Waals surface area contributed by atoms with Crippen molar-refractivity contribution in [1.29, 1.82) is 0 Å². The Morgan fingerprint density at radius 3 is 2.36 bits per heavy atom. The van der Waals surface area contributed by atoms with Crippen molar-refractivity contribution in [3.63, 3.8) is 0 Å². The first kappa shape index (κ1) is 16.5. The first-order chi connectivity index (χ1) is 12.2. The maximum absolute atomic E-state index is 5.73. The van der Waals surface area contributed by atoms with E-state index in [9.17, 15) is 0 Å². The lowest BCUT2D eigenvalue weighted by atomic mass is 10.1. The fraction of sp³-hybridized carbons (Fsp3) is 0.500. The van der Waals surface area contributed by atoms with Crippen LogP contribution in [0.1, 0.15) is 35.7 Å². The molecule has 0 N–H and O–H groups in total. The predicted octanol–water partition coefficient (Wildman–Crippen LogP) is 3.12. The van der Waals surface area contributed by atoms with Crippen LogP contribution in [0.15, 0.2) is 34.8 Å². The van der Waals surface area contributed by atoms with Gasteiger partial charge < -0.3 is 4.42 Å². The Kier molecular flexibility index (Phi) is 4.95. The number of rotatable bonds is 6. The number of aryl methyl sites for hydroxylation is 1. The number of piperazine rings is 1. The lowest BCUT2D eigenvalue weighted by Gasteiger charge is -2.33. The third-order valence-corrected chi connectivity index (χ3v) is 4.97. The van der Waals surface area contributed by atoms with E-state index in [2.05, 4.69) is 57.3 Å². The van der Waals surface area contributed by atoms with Gasteiger partial charge in [0.25, 0.3) is 0 Å². The molecule has 2 aliphatic rings. The predicted molar refractivity (Wildman–Crippen MR) is 97.8 cm³/mol. The van der Waals surface area contributed by atoms with Crippen molar-refractivity contribution >= 4 is 6.08 Å². The molecule has 0 radical (unpaired) electrons. The van der Waals surface area contributed by atoms with E-state index < -0.39 is 0 Å². The lowest BCUT2D eigenvalue weighted by molar-refractivity contribution is 0.114. The average molecular weight is 338 g/mol. The molecule has 2 fully saturated rings. The number of hydrogen-bond acceptors (Lipinski definition) is 5. The summed E-state index contributed by atoms with van der Waals surface area (Å²) >= 11 is 0. The van der Waals surface area contributed by atoms with Crippen LogP contribution in [-0.4, -0.2) is 46.2 Å². The second-order valence-electron chi connectivity index (χ2n) is 7.27. The number of nitrogens with zero attached hydrogens (tertiary/aromatic N) is 4. The zero-order chi connectivity index (χ0) is 17.1. The first-order valence-corrected chi connectivity index (χ1v) is 9.25. The summed E-state index contributed by atoms with van der Waals surface area (Å²) in [6.07, 6.45) is 6.74.